The lowest BCUT2D eigenvalue weighted by atomic mass is 10.0. The highest BCUT2D eigenvalue weighted by Crippen LogP contribution is 2.22. The van der Waals surface area contributed by atoms with Gasteiger partial charge in [-0.15, -0.1) is 0 Å². The second-order valence-corrected chi connectivity index (χ2v) is 5.65. The first kappa shape index (κ1) is 16.3. The summed E-state index contributed by atoms with van der Waals surface area (Å²) >= 11 is 0. The summed E-state index contributed by atoms with van der Waals surface area (Å²) in [6, 6.07) is 7.07. The Morgan fingerprint density at radius 1 is 1.38 bits per heavy atom. The Morgan fingerprint density at radius 2 is 2.24 bits per heavy atom. The summed E-state index contributed by atoms with van der Waals surface area (Å²) in [5, 5.41) is 3.40. The van der Waals surface area contributed by atoms with E-state index in [4.69, 9.17) is 9.47 Å². The molecule has 1 aromatic carbocycles. The molecule has 0 aromatic heterocycles. The van der Waals surface area contributed by atoms with Crippen molar-refractivity contribution < 1.29 is 9.47 Å². The fourth-order valence-corrected chi connectivity index (χ4v) is 2.95. The van der Waals surface area contributed by atoms with Crippen LogP contribution in [-0.4, -0.2) is 44.8 Å². The number of rotatable bonds is 7. The number of ether oxygens (including phenoxy) is 2. The molecule has 0 spiro atoms. The Morgan fingerprint density at radius 3 is 2.95 bits per heavy atom. The molecule has 1 aliphatic rings. The molecule has 1 atom stereocenters. The van der Waals surface area contributed by atoms with Crippen molar-refractivity contribution in [2.75, 3.05) is 33.9 Å². The zero-order valence-electron chi connectivity index (χ0n) is 13.5. The van der Waals surface area contributed by atoms with E-state index in [-0.39, 0.29) is 0 Å². The van der Waals surface area contributed by atoms with Crippen LogP contribution in [0.2, 0.25) is 0 Å². The van der Waals surface area contributed by atoms with Crippen molar-refractivity contribution in [2.24, 2.45) is 0 Å². The number of nitrogens with zero attached hydrogens (tertiary/aromatic N) is 1. The molecule has 1 aromatic rings. The molecule has 1 aliphatic heterocycles. The molecular weight excluding hydrogens is 264 g/mol. The standard InChI is InChI=1S/C17H28N2O2/c1-4-21-13-15-10-14(7-8-17(15)20-3)11-19-9-5-6-16(12-19)18-2/h7-8,10,16,18H,4-6,9,11-13H2,1-3H3. The first-order chi connectivity index (χ1) is 10.3. The Bertz CT molecular complexity index is 437. The fourth-order valence-electron chi connectivity index (χ4n) is 2.95. The minimum absolute atomic E-state index is 0.618. The maximum absolute atomic E-state index is 5.54. The smallest absolute Gasteiger partial charge is 0.124 e. The normalized spacial score (nSPS) is 19.7. The number of hydrogen-bond donors (Lipinski definition) is 1. The van der Waals surface area contributed by atoms with Gasteiger partial charge in [0.05, 0.1) is 13.7 Å². The van der Waals surface area contributed by atoms with Gasteiger partial charge in [0.15, 0.2) is 0 Å². The summed E-state index contributed by atoms with van der Waals surface area (Å²) in [6.45, 7) is 6.67. The number of nitrogens with one attached hydrogen (secondary N) is 1. The third kappa shape index (κ3) is 4.70. The number of piperidine rings is 1. The van der Waals surface area contributed by atoms with E-state index in [0.717, 1.165) is 31.0 Å². The van der Waals surface area contributed by atoms with Crippen LogP contribution in [0.15, 0.2) is 18.2 Å². The molecule has 1 fully saturated rings. The van der Waals surface area contributed by atoms with Gasteiger partial charge in [-0.1, -0.05) is 6.07 Å². The van der Waals surface area contributed by atoms with E-state index < -0.39 is 0 Å². The van der Waals surface area contributed by atoms with E-state index >= 15 is 0 Å². The predicted octanol–water partition coefficient (Wildman–Crippen LogP) is 2.42. The van der Waals surface area contributed by atoms with Crippen molar-refractivity contribution >= 4 is 0 Å². The molecule has 0 radical (unpaired) electrons. The summed E-state index contributed by atoms with van der Waals surface area (Å²) in [4.78, 5) is 2.52. The molecule has 0 bridgehead atoms. The van der Waals surface area contributed by atoms with E-state index in [9.17, 15) is 0 Å². The Labute approximate surface area is 128 Å². The van der Waals surface area contributed by atoms with Crippen LogP contribution in [0.4, 0.5) is 0 Å². The molecule has 118 valence electrons. The highest BCUT2D eigenvalue weighted by atomic mass is 16.5. The number of benzene rings is 1. The molecule has 0 aliphatic carbocycles. The van der Waals surface area contributed by atoms with Gasteiger partial charge in [-0.05, 0) is 51.1 Å². The largest absolute Gasteiger partial charge is 0.496 e. The summed E-state index contributed by atoms with van der Waals surface area (Å²) in [7, 11) is 3.77. The molecule has 0 amide bonds. The van der Waals surface area contributed by atoms with Gasteiger partial charge in [-0.2, -0.15) is 0 Å². The van der Waals surface area contributed by atoms with E-state index in [2.05, 4.69) is 35.5 Å². The van der Waals surface area contributed by atoms with E-state index in [1.54, 1.807) is 7.11 Å². The van der Waals surface area contributed by atoms with Crippen LogP contribution in [0.25, 0.3) is 0 Å². The van der Waals surface area contributed by atoms with E-state index in [1.165, 1.54) is 24.9 Å². The molecule has 1 unspecified atom stereocenters. The number of hydrogen-bond acceptors (Lipinski definition) is 4. The van der Waals surface area contributed by atoms with Crippen LogP contribution in [0, 0.1) is 0 Å². The molecule has 0 saturated carbocycles. The van der Waals surface area contributed by atoms with Crippen LogP contribution in [0.1, 0.15) is 30.9 Å². The lowest BCUT2D eigenvalue weighted by molar-refractivity contribution is 0.131. The van der Waals surface area contributed by atoms with Crippen molar-refractivity contribution in [3.63, 3.8) is 0 Å². The minimum Gasteiger partial charge on any atom is -0.496 e. The zero-order valence-corrected chi connectivity index (χ0v) is 13.5. The molecular formula is C17H28N2O2. The van der Waals surface area contributed by atoms with E-state index in [0.29, 0.717) is 12.6 Å². The van der Waals surface area contributed by atoms with Crippen LogP contribution >= 0.6 is 0 Å². The first-order valence-corrected chi connectivity index (χ1v) is 7.90. The van der Waals surface area contributed by atoms with Gasteiger partial charge in [-0.3, -0.25) is 4.90 Å². The van der Waals surface area contributed by atoms with E-state index in [1.807, 2.05) is 6.92 Å². The maximum atomic E-state index is 5.54. The zero-order chi connectivity index (χ0) is 15.1. The Hall–Kier alpha value is -1.10. The SMILES string of the molecule is CCOCc1cc(CN2CCCC(NC)C2)ccc1OC. The highest BCUT2D eigenvalue weighted by molar-refractivity contribution is 5.37. The number of likely N-dealkylation sites (N-methyl/N-ethyl adjacent to an activating group) is 1. The first-order valence-electron chi connectivity index (χ1n) is 7.90. The Kier molecular flexibility index (Phi) is 6.49. The van der Waals surface area contributed by atoms with Crippen LogP contribution in [0.5, 0.6) is 5.75 Å². The van der Waals surface area contributed by atoms with Gasteiger partial charge in [0, 0.05) is 31.3 Å². The number of likely N-dealkylation sites (tertiary alicyclic amines) is 1. The summed E-state index contributed by atoms with van der Waals surface area (Å²) in [6.07, 6.45) is 2.55. The summed E-state index contributed by atoms with van der Waals surface area (Å²) in [5.41, 5.74) is 2.47. The Balaban J connectivity index is 2.02. The average Bonchev–Trinajstić information content (AvgIpc) is 2.53. The third-order valence-corrected chi connectivity index (χ3v) is 4.13. The van der Waals surface area contributed by atoms with Crippen LogP contribution < -0.4 is 10.1 Å². The quantitative estimate of drug-likeness (QED) is 0.837. The monoisotopic (exact) mass is 292 g/mol. The summed E-state index contributed by atoms with van der Waals surface area (Å²) < 4.78 is 11.0. The van der Waals surface area contributed by atoms with Gasteiger partial charge >= 0.3 is 0 Å². The van der Waals surface area contributed by atoms with Crippen molar-refractivity contribution in [1.29, 1.82) is 0 Å². The van der Waals surface area contributed by atoms with Crippen molar-refractivity contribution in [3.8, 4) is 5.75 Å². The molecule has 1 saturated heterocycles. The third-order valence-electron chi connectivity index (χ3n) is 4.13. The molecule has 21 heavy (non-hydrogen) atoms. The predicted molar refractivity (Wildman–Crippen MR) is 85.7 cm³/mol. The van der Waals surface area contributed by atoms with Gasteiger partial charge in [-0.25, -0.2) is 0 Å². The van der Waals surface area contributed by atoms with Crippen molar-refractivity contribution in [3.05, 3.63) is 29.3 Å². The molecule has 1 N–H and O–H groups in total. The van der Waals surface area contributed by atoms with Crippen molar-refractivity contribution in [1.82, 2.24) is 10.2 Å². The molecule has 1 heterocycles. The molecule has 2 rings (SSSR count). The average molecular weight is 292 g/mol. The molecule has 4 nitrogen and oxygen atoms in total. The van der Waals surface area contributed by atoms with Gasteiger partial charge in [0.25, 0.3) is 0 Å². The number of methoxy groups -OCH3 is 1. The molecule has 4 heteroatoms. The highest BCUT2D eigenvalue weighted by Gasteiger charge is 2.18. The fraction of sp³-hybridized carbons (Fsp3) is 0.647. The summed E-state index contributed by atoms with van der Waals surface area (Å²) in [5.74, 6) is 0.916. The maximum Gasteiger partial charge on any atom is 0.124 e. The van der Waals surface area contributed by atoms with Crippen LogP contribution in [-0.2, 0) is 17.9 Å². The second kappa shape index (κ2) is 8.37. The van der Waals surface area contributed by atoms with Crippen molar-refractivity contribution in [2.45, 2.75) is 39.0 Å². The lowest BCUT2D eigenvalue weighted by Crippen LogP contribution is -2.43. The topological polar surface area (TPSA) is 33.7 Å². The second-order valence-electron chi connectivity index (χ2n) is 5.65. The lowest BCUT2D eigenvalue weighted by Gasteiger charge is -2.32. The minimum atomic E-state index is 0.618. The van der Waals surface area contributed by atoms with Crippen LogP contribution in [0.3, 0.4) is 0 Å². The van der Waals surface area contributed by atoms with Gasteiger partial charge in [0.2, 0.25) is 0 Å². The van der Waals surface area contributed by atoms with Gasteiger partial charge in [0.1, 0.15) is 5.75 Å². The van der Waals surface area contributed by atoms with Gasteiger partial charge < -0.3 is 14.8 Å².